The van der Waals surface area contributed by atoms with Gasteiger partial charge >= 0.3 is 0 Å². The summed E-state index contributed by atoms with van der Waals surface area (Å²) in [5.74, 6) is 0.265. The van der Waals surface area contributed by atoms with E-state index in [0.29, 0.717) is 0 Å². The highest BCUT2D eigenvalue weighted by Crippen LogP contribution is 2.40. The molecular weight excluding hydrogens is 456 g/mol. The minimum atomic E-state index is -1.91. The lowest BCUT2D eigenvalue weighted by Gasteiger charge is -2.40. The van der Waals surface area contributed by atoms with Gasteiger partial charge in [-0.25, -0.2) is 0 Å². The highest BCUT2D eigenvalue weighted by Gasteiger charge is 2.40. The van der Waals surface area contributed by atoms with Crippen LogP contribution in [0.1, 0.15) is 93.9 Å². The van der Waals surface area contributed by atoms with Crippen LogP contribution in [0.4, 0.5) is 0 Å². The minimum Gasteiger partial charge on any atom is -0.417 e. The van der Waals surface area contributed by atoms with Crippen LogP contribution in [-0.4, -0.2) is 47.3 Å². The number of hydrogen-bond donors (Lipinski definition) is 0. The van der Waals surface area contributed by atoms with Gasteiger partial charge in [-0.15, -0.1) is 0 Å². The number of rotatable bonds is 13. The molecule has 0 radical (unpaired) electrons. The van der Waals surface area contributed by atoms with Crippen LogP contribution in [0.2, 0.25) is 36.3 Å². The normalized spacial score (nSPS) is 22.2. The van der Waals surface area contributed by atoms with Crippen LogP contribution in [0.15, 0.2) is 12.2 Å². The molecule has 1 rings (SSSR count). The van der Waals surface area contributed by atoms with Crippen molar-refractivity contribution in [3.05, 3.63) is 12.2 Å². The lowest BCUT2D eigenvalue weighted by Crippen LogP contribution is -2.44. The van der Waals surface area contributed by atoms with Gasteiger partial charge in [0.2, 0.25) is 0 Å². The maximum atomic E-state index is 11.9. The van der Waals surface area contributed by atoms with Crippen molar-refractivity contribution in [2.24, 2.45) is 5.92 Å². The Kier molecular flexibility index (Phi) is 11.5. The smallest absolute Gasteiger partial charge is 0.192 e. The monoisotopic (exact) mass is 512 g/mol. The van der Waals surface area contributed by atoms with Crippen molar-refractivity contribution < 1.29 is 18.4 Å². The van der Waals surface area contributed by atoms with Crippen molar-refractivity contribution in [2.75, 3.05) is 6.61 Å². The van der Waals surface area contributed by atoms with Gasteiger partial charge < -0.3 is 13.6 Å². The van der Waals surface area contributed by atoms with Crippen molar-refractivity contribution in [1.29, 1.82) is 0 Å². The van der Waals surface area contributed by atoms with Gasteiger partial charge in [0.25, 0.3) is 0 Å². The SMILES string of the molecule is C=C1C[C@H](CCCO[Si](C)(C)C(C)(C)C)O[C@H]1CC[C@H](C[C@@H](C)C(C)=O)O[Si](C)(C)C(C)(C)C. The van der Waals surface area contributed by atoms with E-state index in [4.69, 9.17) is 13.6 Å². The van der Waals surface area contributed by atoms with E-state index in [1.807, 2.05) is 6.92 Å². The predicted octanol–water partition coefficient (Wildman–Crippen LogP) is 8.29. The second kappa shape index (κ2) is 12.3. The molecule has 0 N–H and O–H groups in total. The van der Waals surface area contributed by atoms with E-state index in [1.165, 1.54) is 5.57 Å². The summed E-state index contributed by atoms with van der Waals surface area (Å²) in [6.45, 7) is 31.7. The van der Waals surface area contributed by atoms with Gasteiger partial charge in [0, 0.05) is 18.6 Å². The Labute approximate surface area is 213 Å². The first-order valence-corrected chi connectivity index (χ1v) is 19.2. The summed E-state index contributed by atoms with van der Waals surface area (Å²) >= 11 is 0. The molecule has 1 aliphatic heterocycles. The molecular formula is C28H56O4Si2. The van der Waals surface area contributed by atoms with Gasteiger partial charge in [-0.05, 0) is 87.3 Å². The number of carbonyl (C=O) groups excluding carboxylic acids is 1. The Morgan fingerprint density at radius 3 is 2.12 bits per heavy atom. The molecule has 1 saturated heterocycles. The van der Waals surface area contributed by atoms with Crippen LogP contribution in [0.25, 0.3) is 0 Å². The maximum Gasteiger partial charge on any atom is 0.192 e. The van der Waals surface area contributed by atoms with Crippen molar-refractivity contribution in [2.45, 2.75) is 148 Å². The fourth-order valence-electron chi connectivity index (χ4n) is 3.81. The number of Topliss-reactive ketones (excluding diaryl/α,β-unsaturated/α-hetero) is 1. The van der Waals surface area contributed by atoms with E-state index >= 15 is 0 Å². The number of ketones is 1. The van der Waals surface area contributed by atoms with Crippen molar-refractivity contribution in [3.8, 4) is 0 Å². The summed E-state index contributed by atoms with van der Waals surface area (Å²) in [7, 11) is -3.60. The lowest BCUT2D eigenvalue weighted by atomic mass is 9.95. The minimum absolute atomic E-state index is 0.0242. The summed E-state index contributed by atoms with van der Waals surface area (Å²) in [6.07, 6.45) is 6.06. The second-order valence-electron chi connectivity index (χ2n) is 13.7. The largest absolute Gasteiger partial charge is 0.417 e. The molecule has 34 heavy (non-hydrogen) atoms. The molecule has 0 aliphatic carbocycles. The molecule has 0 spiro atoms. The predicted molar refractivity (Wildman–Crippen MR) is 151 cm³/mol. The number of carbonyl (C=O) groups is 1. The Morgan fingerprint density at radius 1 is 1.06 bits per heavy atom. The molecule has 4 nitrogen and oxygen atoms in total. The summed E-state index contributed by atoms with van der Waals surface area (Å²) in [4.78, 5) is 11.9. The van der Waals surface area contributed by atoms with Gasteiger partial charge in [0.1, 0.15) is 5.78 Å². The quantitative estimate of drug-likeness (QED) is 0.141. The number of ether oxygens (including phenoxy) is 1. The Morgan fingerprint density at radius 2 is 1.62 bits per heavy atom. The molecule has 0 aromatic heterocycles. The van der Waals surface area contributed by atoms with E-state index in [-0.39, 0.29) is 40.1 Å². The molecule has 6 heteroatoms. The molecule has 0 aromatic rings. The summed E-state index contributed by atoms with van der Waals surface area (Å²) < 4.78 is 19.5. The average Bonchev–Trinajstić information content (AvgIpc) is 3.00. The molecule has 200 valence electrons. The first-order chi connectivity index (χ1) is 15.3. The van der Waals surface area contributed by atoms with Crippen molar-refractivity contribution >= 4 is 22.4 Å². The maximum absolute atomic E-state index is 11.9. The fraction of sp³-hybridized carbons (Fsp3) is 0.893. The Hall–Kier alpha value is -0.276. The third kappa shape index (κ3) is 9.64. The highest BCUT2D eigenvalue weighted by molar-refractivity contribution is 6.74. The molecule has 0 bridgehead atoms. The highest BCUT2D eigenvalue weighted by atomic mass is 28.4. The fourth-order valence-corrected chi connectivity index (χ4v) is 6.30. The van der Waals surface area contributed by atoms with Crippen LogP contribution in [0.5, 0.6) is 0 Å². The van der Waals surface area contributed by atoms with Crippen LogP contribution in [0, 0.1) is 5.92 Å². The van der Waals surface area contributed by atoms with Crippen LogP contribution < -0.4 is 0 Å². The lowest BCUT2D eigenvalue weighted by molar-refractivity contribution is -0.121. The molecule has 1 aliphatic rings. The van der Waals surface area contributed by atoms with Gasteiger partial charge in [-0.1, -0.05) is 55.0 Å². The molecule has 1 fully saturated rings. The summed E-state index contributed by atoms with van der Waals surface area (Å²) in [5.41, 5.74) is 1.21. The van der Waals surface area contributed by atoms with Gasteiger partial charge in [0.15, 0.2) is 16.6 Å². The third-order valence-electron chi connectivity index (χ3n) is 8.57. The zero-order valence-corrected chi connectivity index (χ0v) is 26.6. The first-order valence-electron chi connectivity index (χ1n) is 13.4. The second-order valence-corrected chi connectivity index (χ2v) is 23.3. The van der Waals surface area contributed by atoms with E-state index < -0.39 is 16.6 Å². The molecule has 0 aromatic carbocycles. The van der Waals surface area contributed by atoms with Crippen molar-refractivity contribution in [1.82, 2.24) is 0 Å². The Balaban J connectivity index is 2.62. The summed E-state index contributed by atoms with van der Waals surface area (Å²) in [5, 5.41) is 0.398. The van der Waals surface area contributed by atoms with Crippen LogP contribution in [-0.2, 0) is 18.4 Å². The van der Waals surface area contributed by atoms with E-state index in [9.17, 15) is 4.79 Å². The van der Waals surface area contributed by atoms with Gasteiger partial charge in [-0.3, -0.25) is 4.79 Å². The topological polar surface area (TPSA) is 44.8 Å². The zero-order valence-electron chi connectivity index (χ0n) is 24.6. The van der Waals surface area contributed by atoms with Gasteiger partial charge in [-0.2, -0.15) is 0 Å². The molecule has 0 saturated carbocycles. The van der Waals surface area contributed by atoms with Crippen LogP contribution >= 0.6 is 0 Å². The zero-order chi connectivity index (χ0) is 26.5. The van der Waals surface area contributed by atoms with E-state index in [0.717, 1.165) is 45.1 Å². The molecule has 0 unspecified atom stereocenters. The molecule has 0 amide bonds. The van der Waals surface area contributed by atoms with Crippen molar-refractivity contribution in [3.63, 3.8) is 0 Å². The first kappa shape index (κ1) is 31.8. The molecule has 4 atom stereocenters. The standard InChI is InChI=1S/C28H56O4Si2/c1-21(23(3)29)19-25(32-34(12,13)28(7,8)9)16-17-26-22(2)20-24(31-26)15-14-18-30-33(10,11)27(4,5)6/h21,24-26H,2,14-20H2,1,3-13H3/t21-,24+,25-,26+/m1/s1. The van der Waals surface area contributed by atoms with Gasteiger partial charge in [0.05, 0.1) is 12.2 Å². The Bertz CT molecular complexity index is 673. The molecule has 1 heterocycles. The van der Waals surface area contributed by atoms with E-state index in [2.05, 4.69) is 74.3 Å². The summed E-state index contributed by atoms with van der Waals surface area (Å²) in [6, 6.07) is 0. The van der Waals surface area contributed by atoms with E-state index in [1.54, 1.807) is 6.92 Å². The van der Waals surface area contributed by atoms with Crippen LogP contribution in [0.3, 0.4) is 0 Å². The number of hydrogen-bond acceptors (Lipinski definition) is 4. The average molecular weight is 513 g/mol. The third-order valence-corrected chi connectivity index (χ3v) is 17.6.